The van der Waals surface area contributed by atoms with Gasteiger partial charge in [-0.25, -0.2) is 4.98 Å². The van der Waals surface area contributed by atoms with Crippen LogP contribution in [0.25, 0.3) is 0 Å². The maximum Gasteiger partial charge on any atom is 0.276 e. The molecule has 4 nitrogen and oxygen atoms in total. The second-order valence-corrected chi connectivity index (χ2v) is 2.71. The fourth-order valence-corrected chi connectivity index (χ4v) is 1.18. The molecule has 4 heteroatoms. The second-order valence-electron chi connectivity index (χ2n) is 2.71. The van der Waals surface area contributed by atoms with E-state index >= 15 is 0 Å². The van der Waals surface area contributed by atoms with Crippen LogP contribution in [0.15, 0.2) is 4.79 Å². The average Bonchev–Trinajstić information content (AvgIpc) is 2.01. The third-order valence-corrected chi connectivity index (χ3v) is 1.90. The molecule has 1 heterocycles. The van der Waals surface area contributed by atoms with Crippen molar-refractivity contribution in [3.8, 4) is 0 Å². The number of aryl methyl sites for hydroxylation is 2. The minimum Gasteiger partial charge on any atom is -0.393 e. The van der Waals surface area contributed by atoms with Gasteiger partial charge in [0.1, 0.15) is 11.5 Å². The standard InChI is InChI=1S/C8H13N3O/c1-4-11-6(3)10-5(2)7(9)8(11)12/h4,9H2,1-3H3. The van der Waals surface area contributed by atoms with Crippen LogP contribution in [-0.2, 0) is 6.54 Å². The van der Waals surface area contributed by atoms with Crippen molar-refractivity contribution in [3.05, 3.63) is 21.9 Å². The van der Waals surface area contributed by atoms with Gasteiger partial charge in [-0.1, -0.05) is 0 Å². The molecule has 0 fully saturated rings. The van der Waals surface area contributed by atoms with Crippen LogP contribution in [0.4, 0.5) is 5.69 Å². The van der Waals surface area contributed by atoms with Gasteiger partial charge in [0.25, 0.3) is 5.56 Å². The molecule has 0 aromatic carbocycles. The maximum absolute atomic E-state index is 11.4. The molecule has 0 radical (unpaired) electrons. The molecule has 0 saturated heterocycles. The van der Waals surface area contributed by atoms with E-state index in [0.717, 1.165) is 0 Å². The Hall–Kier alpha value is -1.32. The van der Waals surface area contributed by atoms with Crippen molar-refractivity contribution in [1.82, 2.24) is 9.55 Å². The highest BCUT2D eigenvalue weighted by molar-refractivity contribution is 5.39. The number of nitrogens with zero attached hydrogens (tertiary/aromatic N) is 2. The summed E-state index contributed by atoms with van der Waals surface area (Å²) in [5.74, 6) is 0.717. The second kappa shape index (κ2) is 2.97. The highest BCUT2D eigenvalue weighted by atomic mass is 16.1. The number of hydrogen-bond acceptors (Lipinski definition) is 3. The first kappa shape index (κ1) is 8.77. The minimum atomic E-state index is -0.137. The first-order valence-corrected chi connectivity index (χ1v) is 3.91. The van der Waals surface area contributed by atoms with E-state index in [1.165, 1.54) is 0 Å². The molecule has 1 aromatic rings. The number of rotatable bonds is 1. The van der Waals surface area contributed by atoms with Gasteiger partial charge >= 0.3 is 0 Å². The fourth-order valence-electron chi connectivity index (χ4n) is 1.18. The first-order valence-electron chi connectivity index (χ1n) is 3.91. The van der Waals surface area contributed by atoms with Gasteiger partial charge in [0.2, 0.25) is 0 Å². The number of anilines is 1. The van der Waals surface area contributed by atoms with Crippen LogP contribution >= 0.6 is 0 Å². The molecular weight excluding hydrogens is 154 g/mol. The van der Waals surface area contributed by atoms with Crippen LogP contribution in [0, 0.1) is 13.8 Å². The molecule has 0 aliphatic heterocycles. The summed E-state index contributed by atoms with van der Waals surface area (Å²) in [6.07, 6.45) is 0. The topological polar surface area (TPSA) is 60.9 Å². The van der Waals surface area contributed by atoms with E-state index in [1.807, 2.05) is 6.92 Å². The quantitative estimate of drug-likeness (QED) is 0.661. The van der Waals surface area contributed by atoms with Crippen molar-refractivity contribution in [3.63, 3.8) is 0 Å². The zero-order valence-corrected chi connectivity index (χ0v) is 7.59. The zero-order chi connectivity index (χ0) is 9.30. The zero-order valence-electron chi connectivity index (χ0n) is 7.59. The van der Waals surface area contributed by atoms with Crippen LogP contribution in [0.3, 0.4) is 0 Å². The SMILES string of the molecule is CCn1c(C)nc(C)c(N)c1=O. The predicted octanol–water partition coefficient (Wildman–Crippen LogP) is 0.462. The summed E-state index contributed by atoms with van der Waals surface area (Å²) in [6.45, 7) is 6.05. The summed E-state index contributed by atoms with van der Waals surface area (Å²) in [5, 5.41) is 0. The van der Waals surface area contributed by atoms with Crippen LogP contribution in [-0.4, -0.2) is 9.55 Å². The van der Waals surface area contributed by atoms with Crippen LogP contribution < -0.4 is 11.3 Å². The number of nitrogen functional groups attached to an aromatic ring is 1. The van der Waals surface area contributed by atoms with Gasteiger partial charge in [0.05, 0.1) is 5.69 Å². The molecule has 0 unspecified atom stereocenters. The Morgan fingerprint density at radius 3 is 2.58 bits per heavy atom. The Balaban J connectivity index is 3.52. The van der Waals surface area contributed by atoms with Gasteiger partial charge in [0, 0.05) is 6.54 Å². The van der Waals surface area contributed by atoms with Gasteiger partial charge < -0.3 is 5.73 Å². The van der Waals surface area contributed by atoms with Gasteiger partial charge in [-0.2, -0.15) is 0 Å². The van der Waals surface area contributed by atoms with E-state index in [9.17, 15) is 4.79 Å². The molecular formula is C8H13N3O. The normalized spacial score (nSPS) is 10.2. The first-order chi connectivity index (χ1) is 5.57. The van der Waals surface area contributed by atoms with Crippen LogP contribution in [0.5, 0.6) is 0 Å². The molecule has 0 atom stereocenters. The largest absolute Gasteiger partial charge is 0.393 e. The Morgan fingerprint density at radius 2 is 2.08 bits per heavy atom. The molecule has 0 aliphatic carbocycles. The van der Waals surface area contributed by atoms with E-state index in [1.54, 1.807) is 18.4 Å². The lowest BCUT2D eigenvalue weighted by Crippen LogP contribution is -2.26. The lowest BCUT2D eigenvalue weighted by Gasteiger charge is -2.08. The van der Waals surface area contributed by atoms with Crippen molar-refractivity contribution in [2.75, 3.05) is 5.73 Å². The molecule has 0 amide bonds. The Labute approximate surface area is 71.0 Å². The average molecular weight is 167 g/mol. The van der Waals surface area contributed by atoms with Gasteiger partial charge in [-0.05, 0) is 20.8 Å². The lowest BCUT2D eigenvalue weighted by molar-refractivity contribution is 0.673. The summed E-state index contributed by atoms with van der Waals surface area (Å²) in [5.41, 5.74) is 6.26. The molecule has 0 aliphatic rings. The smallest absolute Gasteiger partial charge is 0.276 e. The molecule has 0 saturated carbocycles. The van der Waals surface area contributed by atoms with Crippen molar-refractivity contribution >= 4 is 5.69 Å². The third-order valence-electron chi connectivity index (χ3n) is 1.90. The van der Waals surface area contributed by atoms with Crippen molar-refractivity contribution in [2.45, 2.75) is 27.3 Å². The van der Waals surface area contributed by atoms with Gasteiger partial charge in [0.15, 0.2) is 0 Å². The molecule has 1 rings (SSSR count). The van der Waals surface area contributed by atoms with Gasteiger partial charge in [-0.15, -0.1) is 0 Å². The van der Waals surface area contributed by atoms with Crippen molar-refractivity contribution < 1.29 is 0 Å². The maximum atomic E-state index is 11.4. The van der Waals surface area contributed by atoms with E-state index in [2.05, 4.69) is 4.98 Å². The molecule has 1 aromatic heterocycles. The Bertz CT molecular complexity index is 354. The van der Waals surface area contributed by atoms with Crippen LogP contribution in [0.2, 0.25) is 0 Å². The summed E-state index contributed by atoms with van der Waals surface area (Å²) >= 11 is 0. The highest BCUT2D eigenvalue weighted by Gasteiger charge is 2.06. The Morgan fingerprint density at radius 1 is 1.50 bits per heavy atom. The number of aromatic nitrogens is 2. The molecule has 66 valence electrons. The lowest BCUT2D eigenvalue weighted by atomic mass is 10.3. The minimum absolute atomic E-state index is 0.137. The van der Waals surface area contributed by atoms with Crippen LogP contribution in [0.1, 0.15) is 18.4 Å². The molecule has 0 bridgehead atoms. The van der Waals surface area contributed by atoms with Crippen molar-refractivity contribution in [2.24, 2.45) is 0 Å². The van der Waals surface area contributed by atoms with E-state index < -0.39 is 0 Å². The third kappa shape index (κ3) is 1.20. The highest BCUT2D eigenvalue weighted by Crippen LogP contribution is 2.01. The van der Waals surface area contributed by atoms with Crippen molar-refractivity contribution in [1.29, 1.82) is 0 Å². The molecule has 0 spiro atoms. The number of nitrogens with two attached hydrogens (primary N) is 1. The number of hydrogen-bond donors (Lipinski definition) is 1. The predicted molar refractivity (Wildman–Crippen MR) is 48.1 cm³/mol. The summed E-state index contributed by atoms with van der Waals surface area (Å²) in [6, 6.07) is 0. The van der Waals surface area contributed by atoms with E-state index in [0.29, 0.717) is 18.1 Å². The van der Waals surface area contributed by atoms with E-state index in [4.69, 9.17) is 5.73 Å². The van der Waals surface area contributed by atoms with Gasteiger partial charge in [-0.3, -0.25) is 9.36 Å². The Kier molecular flexibility index (Phi) is 2.17. The van der Waals surface area contributed by atoms with E-state index in [-0.39, 0.29) is 11.2 Å². The summed E-state index contributed by atoms with van der Waals surface area (Å²) in [7, 11) is 0. The molecule has 12 heavy (non-hydrogen) atoms. The molecule has 2 N–H and O–H groups in total. The fraction of sp³-hybridized carbons (Fsp3) is 0.500. The summed E-state index contributed by atoms with van der Waals surface area (Å²) < 4.78 is 1.56. The monoisotopic (exact) mass is 167 g/mol. The summed E-state index contributed by atoms with van der Waals surface area (Å²) in [4.78, 5) is 15.6.